The maximum atomic E-state index is 11.8. The van der Waals surface area contributed by atoms with E-state index >= 15 is 0 Å². The van der Waals surface area contributed by atoms with Gasteiger partial charge in [0.25, 0.3) is 0 Å². The van der Waals surface area contributed by atoms with Gasteiger partial charge in [0.05, 0.1) is 19.3 Å². The molecule has 1 amide bonds. The molecule has 1 aliphatic rings. The van der Waals surface area contributed by atoms with Crippen LogP contribution in [0.5, 0.6) is 5.75 Å². The molecule has 0 unspecified atom stereocenters. The molecule has 0 aliphatic carbocycles. The lowest BCUT2D eigenvalue weighted by Crippen LogP contribution is -2.44. The van der Waals surface area contributed by atoms with Crippen molar-refractivity contribution in [3.05, 3.63) is 24.3 Å². The van der Waals surface area contributed by atoms with E-state index in [1.54, 1.807) is 7.11 Å². The molecule has 1 aromatic rings. The summed E-state index contributed by atoms with van der Waals surface area (Å²) >= 11 is 0. The number of methoxy groups -OCH3 is 1. The molecular formula is C14H23Cl2N3O2. The van der Waals surface area contributed by atoms with Crippen LogP contribution in [0.3, 0.4) is 0 Å². The first-order valence-corrected chi connectivity index (χ1v) is 6.66. The van der Waals surface area contributed by atoms with E-state index in [0.717, 1.165) is 37.4 Å². The largest absolute Gasteiger partial charge is 0.495 e. The molecule has 0 atom stereocenters. The molecular weight excluding hydrogens is 313 g/mol. The van der Waals surface area contributed by atoms with Crippen molar-refractivity contribution in [1.29, 1.82) is 0 Å². The molecule has 0 aromatic heterocycles. The molecule has 7 heteroatoms. The highest BCUT2D eigenvalue weighted by atomic mass is 35.5. The van der Waals surface area contributed by atoms with Gasteiger partial charge in [-0.15, -0.1) is 24.8 Å². The molecule has 1 saturated heterocycles. The first kappa shape index (κ1) is 19.8. The average Bonchev–Trinajstić information content (AvgIpc) is 2.46. The second-order valence-electron chi connectivity index (χ2n) is 4.65. The summed E-state index contributed by atoms with van der Waals surface area (Å²) < 4.78 is 5.23. The lowest BCUT2D eigenvalue weighted by atomic mass is 10.1. The molecule has 0 spiro atoms. The Hall–Kier alpha value is -1.17. The summed E-state index contributed by atoms with van der Waals surface area (Å²) in [6.45, 7) is 2.22. The zero-order chi connectivity index (χ0) is 13.5. The summed E-state index contributed by atoms with van der Waals surface area (Å²) in [7, 11) is 1.62. The summed E-state index contributed by atoms with van der Waals surface area (Å²) in [5.74, 6) is 0.773. The van der Waals surface area contributed by atoms with E-state index in [1.165, 1.54) is 0 Å². The number of benzene rings is 1. The SMILES string of the molecule is COc1ccccc1NCC(=O)NC1CCNCC1.Cl.Cl. The molecule has 0 saturated carbocycles. The van der Waals surface area contributed by atoms with E-state index in [2.05, 4.69) is 16.0 Å². The first-order chi connectivity index (χ1) is 9.29. The number of hydrogen-bond donors (Lipinski definition) is 3. The van der Waals surface area contributed by atoms with Crippen LogP contribution in [0.1, 0.15) is 12.8 Å². The zero-order valence-corrected chi connectivity index (χ0v) is 13.7. The van der Waals surface area contributed by atoms with Gasteiger partial charge >= 0.3 is 0 Å². The van der Waals surface area contributed by atoms with Crippen LogP contribution in [0.4, 0.5) is 5.69 Å². The van der Waals surface area contributed by atoms with Gasteiger partial charge < -0.3 is 20.7 Å². The predicted octanol–water partition coefficient (Wildman–Crippen LogP) is 1.82. The Morgan fingerprint density at radius 3 is 2.62 bits per heavy atom. The van der Waals surface area contributed by atoms with Crippen molar-refractivity contribution in [2.75, 3.05) is 32.1 Å². The van der Waals surface area contributed by atoms with E-state index in [4.69, 9.17) is 4.74 Å². The highest BCUT2D eigenvalue weighted by Gasteiger charge is 2.15. The number of anilines is 1. The molecule has 1 aromatic carbocycles. The molecule has 21 heavy (non-hydrogen) atoms. The topological polar surface area (TPSA) is 62.4 Å². The van der Waals surface area contributed by atoms with Crippen molar-refractivity contribution < 1.29 is 9.53 Å². The van der Waals surface area contributed by atoms with Crippen LogP contribution in [-0.2, 0) is 4.79 Å². The van der Waals surface area contributed by atoms with E-state index in [0.29, 0.717) is 6.04 Å². The highest BCUT2D eigenvalue weighted by Crippen LogP contribution is 2.22. The van der Waals surface area contributed by atoms with E-state index < -0.39 is 0 Å². The van der Waals surface area contributed by atoms with Crippen LogP contribution in [0, 0.1) is 0 Å². The Balaban J connectivity index is 0.00000200. The fourth-order valence-electron chi connectivity index (χ4n) is 2.21. The van der Waals surface area contributed by atoms with Crippen molar-refractivity contribution in [2.45, 2.75) is 18.9 Å². The number of para-hydroxylation sites is 2. The Morgan fingerprint density at radius 2 is 1.95 bits per heavy atom. The lowest BCUT2D eigenvalue weighted by molar-refractivity contribution is -0.120. The van der Waals surface area contributed by atoms with Crippen molar-refractivity contribution in [3.8, 4) is 5.75 Å². The maximum Gasteiger partial charge on any atom is 0.239 e. The monoisotopic (exact) mass is 335 g/mol. The zero-order valence-electron chi connectivity index (χ0n) is 12.1. The maximum absolute atomic E-state index is 11.8. The average molecular weight is 336 g/mol. The molecule has 0 radical (unpaired) electrons. The van der Waals surface area contributed by atoms with Crippen LogP contribution in [0.25, 0.3) is 0 Å². The number of carbonyl (C=O) groups is 1. The van der Waals surface area contributed by atoms with Crippen LogP contribution < -0.4 is 20.7 Å². The van der Waals surface area contributed by atoms with Crippen LogP contribution in [0.15, 0.2) is 24.3 Å². The number of nitrogens with one attached hydrogen (secondary N) is 3. The fourth-order valence-corrected chi connectivity index (χ4v) is 2.21. The number of amides is 1. The van der Waals surface area contributed by atoms with Gasteiger partial charge in [0.2, 0.25) is 5.91 Å². The molecule has 2 rings (SSSR count). The molecule has 1 heterocycles. The summed E-state index contributed by atoms with van der Waals surface area (Å²) in [4.78, 5) is 11.8. The number of halogens is 2. The predicted molar refractivity (Wildman–Crippen MR) is 90.0 cm³/mol. The van der Waals surface area contributed by atoms with Gasteiger partial charge in [-0.2, -0.15) is 0 Å². The van der Waals surface area contributed by atoms with Gasteiger partial charge in [0, 0.05) is 6.04 Å². The molecule has 5 nitrogen and oxygen atoms in total. The van der Waals surface area contributed by atoms with Gasteiger partial charge in [0.1, 0.15) is 5.75 Å². The third kappa shape index (κ3) is 6.42. The van der Waals surface area contributed by atoms with Crippen LogP contribution in [-0.4, -0.2) is 38.7 Å². The normalized spacial score (nSPS) is 14.3. The Morgan fingerprint density at radius 1 is 1.29 bits per heavy atom. The van der Waals surface area contributed by atoms with Crippen molar-refractivity contribution in [3.63, 3.8) is 0 Å². The number of carbonyl (C=O) groups excluding carboxylic acids is 1. The molecule has 120 valence electrons. The van der Waals surface area contributed by atoms with Crippen LogP contribution >= 0.6 is 24.8 Å². The van der Waals surface area contributed by atoms with Crippen molar-refractivity contribution in [1.82, 2.24) is 10.6 Å². The Labute approximate surface area is 138 Å². The first-order valence-electron chi connectivity index (χ1n) is 6.66. The van der Waals surface area contributed by atoms with Gasteiger partial charge in [-0.25, -0.2) is 0 Å². The minimum absolute atomic E-state index is 0. The van der Waals surface area contributed by atoms with Crippen LogP contribution in [0.2, 0.25) is 0 Å². The number of ether oxygens (including phenoxy) is 1. The van der Waals surface area contributed by atoms with Crippen molar-refractivity contribution >= 4 is 36.4 Å². The van der Waals surface area contributed by atoms with E-state index in [1.807, 2.05) is 24.3 Å². The molecule has 0 bridgehead atoms. The van der Waals surface area contributed by atoms with Gasteiger partial charge in [-0.3, -0.25) is 4.79 Å². The van der Waals surface area contributed by atoms with Gasteiger partial charge in [-0.05, 0) is 38.1 Å². The second-order valence-corrected chi connectivity index (χ2v) is 4.65. The van der Waals surface area contributed by atoms with E-state index in [-0.39, 0.29) is 37.3 Å². The Bertz CT molecular complexity index is 426. The van der Waals surface area contributed by atoms with Crippen molar-refractivity contribution in [2.24, 2.45) is 0 Å². The third-order valence-electron chi connectivity index (χ3n) is 3.25. The summed E-state index contributed by atoms with van der Waals surface area (Å²) in [5.41, 5.74) is 0.838. The quantitative estimate of drug-likeness (QED) is 0.768. The second kappa shape index (κ2) is 10.5. The smallest absolute Gasteiger partial charge is 0.239 e. The molecule has 3 N–H and O–H groups in total. The minimum atomic E-state index is 0. The summed E-state index contributed by atoms with van der Waals surface area (Å²) in [6, 6.07) is 7.88. The fraction of sp³-hybridized carbons (Fsp3) is 0.500. The minimum Gasteiger partial charge on any atom is -0.495 e. The van der Waals surface area contributed by atoms with Gasteiger partial charge in [0.15, 0.2) is 0 Å². The lowest BCUT2D eigenvalue weighted by Gasteiger charge is -2.23. The number of piperidine rings is 1. The standard InChI is InChI=1S/C14H21N3O2.2ClH/c1-19-13-5-3-2-4-12(13)16-10-14(18)17-11-6-8-15-9-7-11;;/h2-5,11,15-16H,6-10H2,1H3,(H,17,18);2*1H. The number of hydrogen-bond acceptors (Lipinski definition) is 4. The third-order valence-corrected chi connectivity index (χ3v) is 3.25. The van der Waals surface area contributed by atoms with Gasteiger partial charge in [-0.1, -0.05) is 12.1 Å². The molecule has 1 fully saturated rings. The summed E-state index contributed by atoms with van der Waals surface area (Å²) in [6.07, 6.45) is 2.00. The Kier molecular flexibility index (Phi) is 9.95. The highest BCUT2D eigenvalue weighted by molar-refractivity contribution is 5.85. The summed E-state index contributed by atoms with van der Waals surface area (Å²) in [5, 5.41) is 9.42. The number of rotatable bonds is 5. The molecule has 1 aliphatic heterocycles. The van der Waals surface area contributed by atoms with E-state index in [9.17, 15) is 4.79 Å².